The lowest BCUT2D eigenvalue weighted by molar-refractivity contribution is -0.142. The van der Waals surface area contributed by atoms with Crippen molar-refractivity contribution in [3.63, 3.8) is 0 Å². The van der Waals surface area contributed by atoms with Crippen LogP contribution in [0.15, 0.2) is 0 Å². The van der Waals surface area contributed by atoms with E-state index in [2.05, 4.69) is 10.6 Å². The van der Waals surface area contributed by atoms with Gasteiger partial charge in [0.1, 0.15) is 12.1 Å². The van der Waals surface area contributed by atoms with Gasteiger partial charge in [0.25, 0.3) is 0 Å². The van der Waals surface area contributed by atoms with Crippen LogP contribution in [0.3, 0.4) is 0 Å². The molecular weight excluding hydrogens is 322 g/mol. The molecule has 0 saturated carbocycles. The maximum absolute atomic E-state index is 12.5. The van der Waals surface area contributed by atoms with Crippen LogP contribution in [-0.2, 0) is 14.4 Å². The van der Waals surface area contributed by atoms with E-state index >= 15 is 0 Å². The highest BCUT2D eigenvalue weighted by Gasteiger charge is 2.28. The van der Waals surface area contributed by atoms with Crippen LogP contribution < -0.4 is 16.4 Å². The molecule has 0 aromatic heterocycles. The average molecular weight is 357 g/mol. The Kier molecular flexibility index (Phi) is 10.4. The summed E-state index contributed by atoms with van der Waals surface area (Å²) in [5.74, 6) is -1.39. The molecule has 25 heavy (non-hydrogen) atoms. The van der Waals surface area contributed by atoms with Gasteiger partial charge >= 0.3 is 5.97 Å². The van der Waals surface area contributed by atoms with Crippen molar-refractivity contribution in [1.82, 2.24) is 10.6 Å². The SMILES string of the molecule is CC(C)C[C@H](NC(=O)[C@@H](CC(C)C)NC(=O)[C@@H](N)CC(C)C)C(=O)O. The van der Waals surface area contributed by atoms with Crippen LogP contribution in [0.1, 0.15) is 60.8 Å². The van der Waals surface area contributed by atoms with Gasteiger partial charge in [0.05, 0.1) is 6.04 Å². The normalized spacial score (nSPS) is 15.1. The van der Waals surface area contributed by atoms with Crippen molar-refractivity contribution in [2.24, 2.45) is 23.5 Å². The molecule has 0 aliphatic carbocycles. The highest BCUT2D eigenvalue weighted by Crippen LogP contribution is 2.10. The molecule has 0 radical (unpaired) electrons. The molecule has 5 N–H and O–H groups in total. The number of carboxylic acid groups (broad SMARTS) is 1. The minimum absolute atomic E-state index is 0.124. The summed E-state index contributed by atoms with van der Waals surface area (Å²) >= 11 is 0. The molecule has 0 aliphatic rings. The van der Waals surface area contributed by atoms with Gasteiger partial charge in [-0.3, -0.25) is 9.59 Å². The molecule has 0 fully saturated rings. The number of carbonyl (C=O) groups excluding carboxylic acids is 2. The Hall–Kier alpha value is -1.63. The van der Waals surface area contributed by atoms with Crippen molar-refractivity contribution >= 4 is 17.8 Å². The van der Waals surface area contributed by atoms with E-state index in [0.29, 0.717) is 19.3 Å². The van der Waals surface area contributed by atoms with Crippen LogP contribution >= 0.6 is 0 Å². The molecule has 0 bridgehead atoms. The van der Waals surface area contributed by atoms with Gasteiger partial charge in [0.15, 0.2) is 0 Å². The lowest BCUT2D eigenvalue weighted by Crippen LogP contribution is -2.55. The fraction of sp³-hybridized carbons (Fsp3) is 0.833. The topological polar surface area (TPSA) is 122 Å². The second kappa shape index (κ2) is 11.1. The van der Waals surface area contributed by atoms with Gasteiger partial charge in [-0.2, -0.15) is 0 Å². The number of aliphatic carboxylic acids is 1. The molecule has 7 nitrogen and oxygen atoms in total. The number of hydrogen-bond acceptors (Lipinski definition) is 4. The molecule has 0 heterocycles. The first kappa shape index (κ1) is 23.4. The highest BCUT2D eigenvalue weighted by atomic mass is 16.4. The van der Waals surface area contributed by atoms with Crippen molar-refractivity contribution in [2.45, 2.75) is 78.9 Å². The maximum atomic E-state index is 12.5. The Morgan fingerprint density at radius 2 is 1.16 bits per heavy atom. The first-order valence-electron chi connectivity index (χ1n) is 9.03. The summed E-state index contributed by atoms with van der Waals surface area (Å²) in [5.41, 5.74) is 5.87. The quantitative estimate of drug-likeness (QED) is 0.446. The Labute approximate surface area is 151 Å². The van der Waals surface area contributed by atoms with Gasteiger partial charge < -0.3 is 21.5 Å². The third kappa shape index (κ3) is 10.1. The number of nitrogens with one attached hydrogen (secondary N) is 2. The fourth-order valence-electron chi connectivity index (χ4n) is 2.56. The molecule has 146 valence electrons. The third-order valence-electron chi connectivity index (χ3n) is 3.72. The summed E-state index contributed by atoms with van der Waals surface area (Å²) in [6.45, 7) is 11.6. The molecule has 0 unspecified atom stereocenters. The number of hydrogen-bond donors (Lipinski definition) is 4. The second-order valence-electron chi connectivity index (χ2n) is 7.96. The monoisotopic (exact) mass is 357 g/mol. The predicted molar refractivity (Wildman–Crippen MR) is 97.8 cm³/mol. The number of carbonyl (C=O) groups is 3. The van der Waals surface area contributed by atoms with Crippen LogP contribution in [-0.4, -0.2) is 41.0 Å². The first-order chi connectivity index (χ1) is 11.4. The highest BCUT2D eigenvalue weighted by molar-refractivity contribution is 5.91. The van der Waals surface area contributed by atoms with Crippen molar-refractivity contribution < 1.29 is 19.5 Å². The smallest absolute Gasteiger partial charge is 0.326 e. The van der Waals surface area contributed by atoms with E-state index in [4.69, 9.17) is 5.73 Å². The van der Waals surface area contributed by atoms with Gasteiger partial charge in [-0.1, -0.05) is 41.5 Å². The van der Waals surface area contributed by atoms with E-state index < -0.39 is 30.0 Å². The Morgan fingerprint density at radius 1 is 0.760 bits per heavy atom. The first-order valence-corrected chi connectivity index (χ1v) is 9.03. The largest absolute Gasteiger partial charge is 0.480 e. The standard InChI is InChI=1S/C18H35N3O4/c1-10(2)7-13(19)16(22)20-14(8-11(3)4)17(23)21-15(18(24)25)9-12(5)6/h10-15H,7-9,19H2,1-6H3,(H,20,22)(H,21,23)(H,24,25)/t13-,14+,15-/m0/s1. The van der Waals surface area contributed by atoms with E-state index in [1.807, 2.05) is 41.5 Å². The van der Waals surface area contributed by atoms with Crippen LogP contribution in [0.5, 0.6) is 0 Å². The Balaban J connectivity index is 5.02. The average Bonchev–Trinajstić information content (AvgIpc) is 2.43. The summed E-state index contributed by atoms with van der Waals surface area (Å²) < 4.78 is 0. The van der Waals surface area contributed by atoms with E-state index in [1.165, 1.54) is 0 Å². The minimum atomic E-state index is -1.08. The molecule has 0 saturated heterocycles. The lowest BCUT2D eigenvalue weighted by Gasteiger charge is -2.25. The van der Waals surface area contributed by atoms with Crippen LogP contribution in [0.25, 0.3) is 0 Å². The molecule has 0 aromatic rings. The zero-order valence-corrected chi connectivity index (χ0v) is 16.3. The van der Waals surface area contributed by atoms with Crippen molar-refractivity contribution in [3.8, 4) is 0 Å². The minimum Gasteiger partial charge on any atom is -0.480 e. The van der Waals surface area contributed by atoms with Crippen molar-refractivity contribution in [3.05, 3.63) is 0 Å². The Bertz CT molecular complexity index is 450. The van der Waals surface area contributed by atoms with Gasteiger partial charge in [0.2, 0.25) is 11.8 Å². The number of carboxylic acids is 1. The van der Waals surface area contributed by atoms with Crippen LogP contribution in [0.4, 0.5) is 0 Å². The summed E-state index contributed by atoms with van der Waals surface area (Å²) in [6.07, 6.45) is 1.27. The fourth-order valence-corrected chi connectivity index (χ4v) is 2.56. The van der Waals surface area contributed by atoms with Crippen LogP contribution in [0, 0.1) is 17.8 Å². The van der Waals surface area contributed by atoms with Crippen molar-refractivity contribution in [1.29, 1.82) is 0 Å². The second-order valence-corrected chi connectivity index (χ2v) is 7.96. The summed E-state index contributed by atoms with van der Waals surface area (Å²) in [7, 11) is 0. The summed E-state index contributed by atoms with van der Waals surface area (Å²) in [4.78, 5) is 36.1. The van der Waals surface area contributed by atoms with E-state index in [1.54, 1.807) is 0 Å². The lowest BCUT2D eigenvalue weighted by atomic mass is 9.99. The van der Waals surface area contributed by atoms with Crippen molar-refractivity contribution in [2.75, 3.05) is 0 Å². The summed E-state index contributed by atoms with van der Waals surface area (Å²) in [6, 6.07) is -2.45. The maximum Gasteiger partial charge on any atom is 0.326 e. The number of rotatable bonds is 11. The molecule has 3 atom stereocenters. The predicted octanol–water partition coefficient (Wildman–Crippen LogP) is 1.51. The third-order valence-corrected chi connectivity index (χ3v) is 3.72. The Morgan fingerprint density at radius 3 is 1.56 bits per heavy atom. The zero-order valence-electron chi connectivity index (χ0n) is 16.3. The number of amides is 2. The van der Waals surface area contributed by atoms with E-state index in [0.717, 1.165) is 0 Å². The van der Waals surface area contributed by atoms with E-state index in [-0.39, 0.29) is 23.7 Å². The van der Waals surface area contributed by atoms with E-state index in [9.17, 15) is 19.5 Å². The number of nitrogens with two attached hydrogens (primary N) is 1. The van der Waals surface area contributed by atoms with Gasteiger partial charge in [-0.15, -0.1) is 0 Å². The van der Waals surface area contributed by atoms with Gasteiger partial charge in [-0.25, -0.2) is 4.79 Å². The molecule has 7 heteroatoms. The molecule has 2 amide bonds. The van der Waals surface area contributed by atoms with Crippen LogP contribution in [0.2, 0.25) is 0 Å². The molecule has 0 aliphatic heterocycles. The summed E-state index contributed by atoms with van der Waals surface area (Å²) in [5, 5.41) is 14.5. The molecule has 0 aromatic carbocycles. The van der Waals surface area contributed by atoms with Gasteiger partial charge in [0, 0.05) is 0 Å². The zero-order chi connectivity index (χ0) is 19.7. The van der Waals surface area contributed by atoms with Gasteiger partial charge in [-0.05, 0) is 37.0 Å². The molecule has 0 spiro atoms. The molecule has 0 rings (SSSR count). The molecular formula is C18H35N3O4.